The summed E-state index contributed by atoms with van der Waals surface area (Å²) in [5, 5.41) is 8.24. The van der Waals surface area contributed by atoms with Crippen molar-refractivity contribution < 1.29 is 19.4 Å². The van der Waals surface area contributed by atoms with E-state index in [-0.39, 0.29) is 18.8 Å². The van der Waals surface area contributed by atoms with Crippen molar-refractivity contribution in [3.8, 4) is 0 Å². The first-order valence-corrected chi connectivity index (χ1v) is 3.07. The largest absolute Gasteiger partial charge is 0.460 e. The second kappa shape index (κ2) is 4.62. The fourth-order valence-electron chi connectivity index (χ4n) is 0.369. The minimum atomic E-state index is -0.772. The van der Waals surface area contributed by atoms with Gasteiger partial charge in [-0.15, -0.1) is 0 Å². The van der Waals surface area contributed by atoms with Crippen molar-refractivity contribution in [2.75, 3.05) is 13.2 Å². The molecule has 0 fully saturated rings. The van der Waals surface area contributed by atoms with Crippen molar-refractivity contribution >= 4 is 11.8 Å². The molecule has 0 aromatic carbocycles. The van der Waals surface area contributed by atoms with E-state index in [0.717, 1.165) is 0 Å². The van der Waals surface area contributed by atoms with Crippen LogP contribution < -0.4 is 0 Å². The van der Waals surface area contributed by atoms with E-state index in [1.54, 1.807) is 0 Å². The van der Waals surface area contributed by atoms with E-state index in [9.17, 15) is 9.59 Å². The normalized spacial score (nSPS) is 8.91. The number of carbonyl (C=O) groups excluding carboxylic acids is 2. The minimum Gasteiger partial charge on any atom is -0.460 e. The molecule has 0 aromatic heterocycles. The van der Waals surface area contributed by atoms with Gasteiger partial charge < -0.3 is 9.84 Å². The summed E-state index contributed by atoms with van der Waals surface area (Å²) in [5.41, 5.74) is -0.196. The zero-order valence-corrected chi connectivity index (χ0v) is 6.29. The number of hydrogen-bond donors (Lipinski definition) is 1. The lowest BCUT2D eigenvalue weighted by molar-refractivity contribution is -0.141. The topological polar surface area (TPSA) is 63.6 Å². The summed E-state index contributed by atoms with van der Waals surface area (Å²) in [6, 6.07) is 0. The van der Waals surface area contributed by atoms with Gasteiger partial charge in [-0.05, 0) is 6.92 Å². The van der Waals surface area contributed by atoms with E-state index in [0.29, 0.717) is 0 Å². The summed E-state index contributed by atoms with van der Waals surface area (Å²) >= 11 is 0. The predicted octanol–water partition coefficient (Wildman–Crippen LogP) is -0.333. The third-order valence-corrected chi connectivity index (χ3v) is 0.996. The van der Waals surface area contributed by atoms with Gasteiger partial charge in [0.25, 0.3) is 0 Å². The Kier molecular flexibility index (Phi) is 4.14. The number of hydrogen-bond acceptors (Lipinski definition) is 4. The lowest BCUT2D eigenvalue weighted by atomic mass is 10.2. The molecule has 0 atom stereocenters. The highest BCUT2D eigenvalue weighted by Crippen LogP contribution is 1.95. The molecule has 0 aromatic rings. The highest BCUT2D eigenvalue weighted by molar-refractivity contribution is 6.15. The van der Waals surface area contributed by atoms with Gasteiger partial charge in [0, 0.05) is 0 Å². The van der Waals surface area contributed by atoms with Gasteiger partial charge in [0.05, 0.1) is 12.2 Å². The number of Topliss-reactive ketones (excluding diaryl/α,β-unsaturated/α-hetero) is 1. The Morgan fingerprint density at radius 2 is 2.09 bits per heavy atom. The van der Waals surface area contributed by atoms with Crippen LogP contribution >= 0.6 is 0 Å². The number of esters is 1. The molecule has 0 bridgehead atoms. The van der Waals surface area contributed by atoms with E-state index >= 15 is 0 Å². The Morgan fingerprint density at radius 1 is 1.55 bits per heavy atom. The van der Waals surface area contributed by atoms with E-state index in [2.05, 4.69) is 11.3 Å². The molecule has 0 saturated heterocycles. The molecule has 0 aliphatic heterocycles. The maximum atomic E-state index is 10.7. The van der Waals surface area contributed by atoms with Gasteiger partial charge >= 0.3 is 5.97 Å². The average Bonchev–Trinajstić information content (AvgIpc) is 1.98. The fourth-order valence-corrected chi connectivity index (χ4v) is 0.369. The lowest BCUT2D eigenvalue weighted by Crippen LogP contribution is -2.14. The molecule has 0 heterocycles. The number of carbonyl (C=O) groups is 2. The summed E-state index contributed by atoms with van der Waals surface area (Å²) in [4.78, 5) is 21.2. The highest BCUT2D eigenvalue weighted by Gasteiger charge is 2.11. The van der Waals surface area contributed by atoms with Gasteiger partial charge in [0.2, 0.25) is 0 Å². The molecule has 0 aliphatic carbocycles. The van der Waals surface area contributed by atoms with E-state index in [1.807, 2.05) is 0 Å². The highest BCUT2D eigenvalue weighted by atomic mass is 16.5. The minimum absolute atomic E-state index is 0.106. The van der Waals surface area contributed by atoms with Crippen molar-refractivity contribution in [1.82, 2.24) is 0 Å². The fraction of sp³-hybridized carbons (Fsp3) is 0.429. The first-order valence-electron chi connectivity index (χ1n) is 3.07. The Hall–Kier alpha value is -1.16. The summed E-state index contributed by atoms with van der Waals surface area (Å²) < 4.78 is 4.40. The monoisotopic (exact) mass is 158 g/mol. The van der Waals surface area contributed by atoms with Crippen LogP contribution in [0.5, 0.6) is 0 Å². The second-order valence-corrected chi connectivity index (χ2v) is 1.89. The number of ketones is 1. The van der Waals surface area contributed by atoms with E-state index < -0.39 is 11.8 Å². The van der Waals surface area contributed by atoms with Crippen LogP contribution in [0.25, 0.3) is 0 Å². The molecule has 0 rings (SSSR count). The molecular weight excluding hydrogens is 148 g/mol. The lowest BCUT2D eigenvalue weighted by Gasteiger charge is -2.01. The molecule has 0 spiro atoms. The third kappa shape index (κ3) is 3.52. The van der Waals surface area contributed by atoms with Gasteiger partial charge in [-0.25, -0.2) is 4.79 Å². The van der Waals surface area contributed by atoms with Crippen LogP contribution in [0, 0.1) is 0 Å². The van der Waals surface area contributed by atoms with Crippen molar-refractivity contribution in [1.29, 1.82) is 0 Å². The van der Waals surface area contributed by atoms with Crippen molar-refractivity contribution in [3.63, 3.8) is 0 Å². The molecule has 4 nitrogen and oxygen atoms in total. The summed E-state index contributed by atoms with van der Waals surface area (Å²) in [5.74, 6) is -1.19. The number of aliphatic hydroxyl groups excluding tert-OH is 1. The van der Waals surface area contributed by atoms with Gasteiger partial charge in [-0.1, -0.05) is 6.58 Å². The first-order chi connectivity index (χ1) is 5.09. The van der Waals surface area contributed by atoms with E-state index in [4.69, 9.17) is 5.11 Å². The Bertz CT molecular complexity index is 183. The maximum absolute atomic E-state index is 10.7. The quantitative estimate of drug-likeness (QED) is 0.263. The molecule has 0 radical (unpaired) electrons. The predicted molar refractivity (Wildman–Crippen MR) is 37.9 cm³/mol. The maximum Gasteiger partial charge on any atom is 0.341 e. The number of aliphatic hydroxyl groups is 1. The van der Waals surface area contributed by atoms with Crippen LogP contribution in [0.3, 0.4) is 0 Å². The average molecular weight is 158 g/mol. The molecular formula is C7H10O4. The Balaban J connectivity index is 3.84. The van der Waals surface area contributed by atoms with Crippen LogP contribution in [0.4, 0.5) is 0 Å². The summed E-state index contributed by atoms with van der Waals surface area (Å²) in [6.45, 7) is 4.07. The van der Waals surface area contributed by atoms with Gasteiger partial charge in [0.1, 0.15) is 6.61 Å². The van der Waals surface area contributed by atoms with Gasteiger partial charge in [-0.3, -0.25) is 4.79 Å². The third-order valence-electron chi connectivity index (χ3n) is 0.996. The van der Waals surface area contributed by atoms with Crippen LogP contribution in [-0.4, -0.2) is 30.1 Å². The molecule has 0 unspecified atom stereocenters. The Labute approximate surface area is 64.5 Å². The smallest absolute Gasteiger partial charge is 0.341 e. The zero-order chi connectivity index (χ0) is 8.85. The van der Waals surface area contributed by atoms with Crippen molar-refractivity contribution in [2.24, 2.45) is 0 Å². The SMILES string of the molecule is C=C(C(C)=O)C(=O)OCCO. The van der Waals surface area contributed by atoms with Gasteiger partial charge in [-0.2, -0.15) is 0 Å². The van der Waals surface area contributed by atoms with Gasteiger partial charge in [0.15, 0.2) is 5.78 Å². The molecule has 11 heavy (non-hydrogen) atoms. The van der Waals surface area contributed by atoms with Crippen LogP contribution in [0.2, 0.25) is 0 Å². The first kappa shape index (κ1) is 9.84. The summed E-state index contributed by atoms with van der Waals surface area (Å²) in [6.07, 6.45) is 0. The summed E-state index contributed by atoms with van der Waals surface area (Å²) in [7, 11) is 0. The van der Waals surface area contributed by atoms with Crippen molar-refractivity contribution in [3.05, 3.63) is 12.2 Å². The molecule has 1 N–H and O–H groups in total. The number of rotatable bonds is 4. The Morgan fingerprint density at radius 3 is 2.45 bits per heavy atom. The zero-order valence-electron chi connectivity index (χ0n) is 6.29. The standard InChI is InChI=1S/C7H10O4/c1-5(6(2)9)7(10)11-4-3-8/h8H,1,3-4H2,2H3. The second-order valence-electron chi connectivity index (χ2n) is 1.89. The van der Waals surface area contributed by atoms with Crippen LogP contribution in [0.15, 0.2) is 12.2 Å². The molecule has 62 valence electrons. The van der Waals surface area contributed by atoms with Crippen molar-refractivity contribution in [2.45, 2.75) is 6.92 Å². The molecule has 0 saturated carbocycles. The molecule has 4 heteroatoms. The molecule has 0 amide bonds. The van der Waals surface area contributed by atoms with Crippen LogP contribution in [0.1, 0.15) is 6.92 Å². The van der Waals surface area contributed by atoms with Crippen LogP contribution in [-0.2, 0) is 14.3 Å². The van der Waals surface area contributed by atoms with E-state index in [1.165, 1.54) is 6.92 Å². The molecule has 0 aliphatic rings. The number of ether oxygens (including phenoxy) is 1.